The number of hydrogen-bond acceptors (Lipinski definition) is 4. The molecule has 0 aliphatic carbocycles. The fourth-order valence-electron chi connectivity index (χ4n) is 2.21. The van der Waals surface area contributed by atoms with Gasteiger partial charge in [-0.15, -0.1) is 0 Å². The quantitative estimate of drug-likeness (QED) is 0.574. The van der Waals surface area contributed by atoms with Gasteiger partial charge in [-0.25, -0.2) is 0 Å². The first-order chi connectivity index (χ1) is 10.3. The predicted molar refractivity (Wildman–Crippen MR) is 81.8 cm³/mol. The monoisotopic (exact) mass is 329 g/mol. The molecule has 0 saturated heterocycles. The molecule has 0 radical (unpaired) electrons. The first-order valence-electron chi connectivity index (χ1n) is 6.42. The van der Waals surface area contributed by atoms with Gasteiger partial charge in [-0.2, -0.15) is 13.2 Å². The maximum atomic E-state index is 12.2. The zero-order chi connectivity index (χ0) is 16.3. The number of benzene rings is 1. The summed E-state index contributed by atoms with van der Waals surface area (Å²) in [7, 11) is 0. The lowest BCUT2D eigenvalue weighted by molar-refractivity contribution is -0.0396. The second-order valence-electron chi connectivity index (χ2n) is 4.56. The standard InChI is InChI=1S/C15H14F3NO2S/c1-4-11-7-5-6-8-12(11)13-9(2)20-10(3)14(13)19-21-22-15(16,17)18/h4-8,10H,1H2,2-3H3/b19-14+. The van der Waals surface area contributed by atoms with E-state index in [-0.39, 0.29) is 0 Å². The molecule has 118 valence electrons. The lowest BCUT2D eigenvalue weighted by Crippen LogP contribution is -2.15. The summed E-state index contributed by atoms with van der Waals surface area (Å²) >= 11 is -0.655. The third kappa shape index (κ3) is 3.65. The van der Waals surface area contributed by atoms with E-state index < -0.39 is 23.7 Å². The van der Waals surface area contributed by atoms with Crippen molar-refractivity contribution in [3.63, 3.8) is 0 Å². The Morgan fingerprint density at radius 1 is 1.36 bits per heavy atom. The van der Waals surface area contributed by atoms with Crippen LogP contribution >= 0.6 is 12.0 Å². The van der Waals surface area contributed by atoms with Crippen molar-refractivity contribution in [3.05, 3.63) is 47.7 Å². The number of oxime groups is 1. The molecule has 1 unspecified atom stereocenters. The van der Waals surface area contributed by atoms with Gasteiger partial charge in [0.25, 0.3) is 0 Å². The molecule has 1 atom stereocenters. The summed E-state index contributed by atoms with van der Waals surface area (Å²) in [6.07, 6.45) is 1.18. The topological polar surface area (TPSA) is 30.8 Å². The number of halogens is 3. The summed E-state index contributed by atoms with van der Waals surface area (Å²) in [5.74, 6) is 0.584. The molecular weight excluding hydrogens is 315 g/mol. The molecule has 1 aromatic carbocycles. The summed E-state index contributed by atoms with van der Waals surface area (Å²) in [5.41, 5.74) is -1.93. The van der Waals surface area contributed by atoms with Gasteiger partial charge >= 0.3 is 5.51 Å². The van der Waals surface area contributed by atoms with Crippen molar-refractivity contribution in [1.82, 2.24) is 0 Å². The number of alkyl halides is 3. The zero-order valence-electron chi connectivity index (χ0n) is 12.0. The Morgan fingerprint density at radius 3 is 2.68 bits per heavy atom. The van der Waals surface area contributed by atoms with Crippen LogP contribution in [0.4, 0.5) is 13.2 Å². The Kier molecular flexibility index (Phi) is 4.85. The largest absolute Gasteiger partial charge is 0.488 e. The maximum absolute atomic E-state index is 12.2. The fraction of sp³-hybridized carbons (Fsp3) is 0.267. The van der Waals surface area contributed by atoms with Gasteiger partial charge < -0.3 is 9.02 Å². The molecular formula is C15H14F3NO2S. The van der Waals surface area contributed by atoms with Crippen LogP contribution in [0.25, 0.3) is 11.6 Å². The van der Waals surface area contributed by atoms with Crippen LogP contribution in [0.15, 0.2) is 41.8 Å². The smallest absolute Gasteiger partial charge is 0.482 e. The number of rotatable bonds is 4. The second kappa shape index (κ2) is 6.48. The molecule has 0 bridgehead atoms. The minimum Gasteiger partial charge on any atom is -0.488 e. The van der Waals surface area contributed by atoms with Gasteiger partial charge in [0.1, 0.15) is 17.6 Å². The van der Waals surface area contributed by atoms with Crippen molar-refractivity contribution < 1.29 is 22.2 Å². The van der Waals surface area contributed by atoms with E-state index in [4.69, 9.17) is 4.74 Å². The highest BCUT2D eigenvalue weighted by molar-refractivity contribution is 7.95. The lowest BCUT2D eigenvalue weighted by Gasteiger charge is -2.09. The van der Waals surface area contributed by atoms with Crippen LogP contribution in [0.1, 0.15) is 25.0 Å². The summed E-state index contributed by atoms with van der Waals surface area (Å²) in [5, 5.41) is 3.62. The summed E-state index contributed by atoms with van der Waals surface area (Å²) in [4.78, 5) is 0. The van der Waals surface area contributed by atoms with E-state index in [1.807, 2.05) is 24.3 Å². The Balaban J connectivity index is 2.37. The van der Waals surface area contributed by atoms with E-state index in [1.165, 1.54) is 0 Å². The van der Waals surface area contributed by atoms with Gasteiger partial charge in [0, 0.05) is 5.57 Å². The first-order valence-corrected chi connectivity index (χ1v) is 7.17. The highest BCUT2D eigenvalue weighted by Gasteiger charge is 2.34. The minimum absolute atomic E-state index is 0.323. The van der Waals surface area contributed by atoms with Crippen LogP contribution in [0, 0.1) is 0 Å². The average Bonchev–Trinajstić information content (AvgIpc) is 2.72. The van der Waals surface area contributed by atoms with Gasteiger partial charge in [0.2, 0.25) is 12.0 Å². The molecule has 0 N–H and O–H groups in total. The molecule has 2 rings (SSSR count). The van der Waals surface area contributed by atoms with E-state index >= 15 is 0 Å². The van der Waals surface area contributed by atoms with E-state index in [1.54, 1.807) is 19.9 Å². The summed E-state index contributed by atoms with van der Waals surface area (Å²) in [6, 6.07) is 7.37. The molecule has 1 aliphatic heterocycles. The van der Waals surface area contributed by atoms with Crippen LogP contribution in [0.5, 0.6) is 0 Å². The zero-order valence-corrected chi connectivity index (χ0v) is 12.8. The maximum Gasteiger partial charge on any atom is 0.482 e. The third-order valence-electron chi connectivity index (χ3n) is 3.06. The Labute approximate surface area is 130 Å². The van der Waals surface area contributed by atoms with Crippen LogP contribution in [0.3, 0.4) is 0 Å². The lowest BCUT2D eigenvalue weighted by atomic mass is 9.95. The molecule has 22 heavy (non-hydrogen) atoms. The molecule has 0 saturated carbocycles. The average molecular weight is 329 g/mol. The number of nitrogens with zero attached hydrogens (tertiary/aromatic N) is 1. The number of allylic oxidation sites excluding steroid dienone is 1. The van der Waals surface area contributed by atoms with E-state index in [0.717, 1.165) is 11.1 Å². The Morgan fingerprint density at radius 2 is 2.05 bits per heavy atom. The van der Waals surface area contributed by atoms with Crippen molar-refractivity contribution >= 4 is 29.4 Å². The van der Waals surface area contributed by atoms with Crippen molar-refractivity contribution in [2.45, 2.75) is 25.5 Å². The summed E-state index contributed by atoms with van der Waals surface area (Å²) < 4.78 is 46.4. The van der Waals surface area contributed by atoms with Crippen LogP contribution < -0.4 is 0 Å². The molecule has 1 aromatic rings. The molecule has 1 aliphatic rings. The fourth-order valence-corrected chi connectivity index (χ4v) is 2.42. The molecule has 1 heterocycles. The molecule has 0 fully saturated rings. The van der Waals surface area contributed by atoms with E-state index in [9.17, 15) is 13.2 Å². The second-order valence-corrected chi connectivity index (χ2v) is 5.34. The van der Waals surface area contributed by atoms with Gasteiger partial charge in [-0.1, -0.05) is 42.1 Å². The SMILES string of the molecule is C=Cc1ccccc1C1=C(C)OC(C)/C1=N\OSC(F)(F)F. The Bertz CT molecular complexity index is 638. The van der Waals surface area contributed by atoms with Gasteiger partial charge in [-0.05, 0) is 25.0 Å². The van der Waals surface area contributed by atoms with Crippen molar-refractivity contribution in [3.8, 4) is 0 Å². The number of hydrogen-bond donors (Lipinski definition) is 0. The van der Waals surface area contributed by atoms with Gasteiger partial charge in [-0.3, -0.25) is 0 Å². The van der Waals surface area contributed by atoms with Gasteiger partial charge in [0.15, 0.2) is 0 Å². The van der Waals surface area contributed by atoms with Crippen LogP contribution in [-0.4, -0.2) is 17.3 Å². The molecule has 0 aromatic heterocycles. The van der Waals surface area contributed by atoms with Gasteiger partial charge in [0.05, 0.1) is 0 Å². The Hall–Kier alpha value is -1.89. The van der Waals surface area contributed by atoms with E-state index in [2.05, 4.69) is 16.0 Å². The first kappa shape index (κ1) is 16.5. The normalized spacial score (nSPS) is 20.2. The van der Waals surface area contributed by atoms with Crippen molar-refractivity contribution in [2.75, 3.05) is 0 Å². The van der Waals surface area contributed by atoms with Crippen LogP contribution in [0.2, 0.25) is 0 Å². The van der Waals surface area contributed by atoms with Crippen LogP contribution in [-0.2, 0) is 9.02 Å². The highest BCUT2D eigenvalue weighted by Crippen LogP contribution is 2.35. The number of ether oxygens (including phenoxy) is 1. The molecule has 0 spiro atoms. The third-order valence-corrected chi connectivity index (χ3v) is 3.40. The predicted octanol–water partition coefficient (Wildman–Crippen LogP) is 5.02. The van der Waals surface area contributed by atoms with E-state index in [0.29, 0.717) is 17.0 Å². The molecule has 0 amide bonds. The summed E-state index contributed by atoms with van der Waals surface area (Å²) in [6.45, 7) is 7.18. The molecule has 7 heteroatoms. The minimum atomic E-state index is -4.51. The van der Waals surface area contributed by atoms with Crippen molar-refractivity contribution in [2.24, 2.45) is 5.16 Å². The highest BCUT2D eigenvalue weighted by atomic mass is 32.2. The van der Waals surface area contributed by atoms with Crippen molar-refractivity contribution in [1.29, 1.82) is 0 Å². The molecule has 3 nitrogen and oxygen atoms in total.